The maximum atomic E-state index is 13.1. The minimum atomic E-state index is 0.0561. The molecule has 1 fully saturated rings. The number of likely N-dealkylation sites (tertiary alicyclic amines) is 1. The molecule has 8 heteroatoms. The highest BCUT2D eigenvalue weighted by Gasteiger charge is 2.24. The van der Waals surface area contributed by atoms with Gasteiger partial charge in [-0.05, 0) is 79.9 Å². The number of likely N-dealkylation sites (N-methyl/N-ethyl adjacent to an activating group) is 1. The zero-order valence-corrected chi connectivity index (χ0v) is 24.7. The molecule has 1 saturated heterocycles. The van der Waals surface area contributed by atoms with Crippen LogP contribution in [0.3, 0.4) is 0 Å². The lowest BCUT2D eigenvalue weighted by Gasteiger charge is -2.34. The van der Waals surface area contributed by atoms with Crippen molar-refractivity contribution in [3.63, 3.8) is 0 Å². The summed E-state index contributed by atoms with van der Waals surface area (Å²) in [5.41, 5.74) is 5.08. The van der Waals surface area contributed by atoms with Gasteiger partial charge in [-0.2, -0.15) is 0 Å². The summed E-state index contributed by atoms with van der Waals surface area (Å²) >= 11 is 0. The van der Waals surface area contributed by atoms with E-state index in [1.54, 1.807) is 0 Å². The van der Waals surface area contributed by atoms with Crippen molar-refractivity contribution in [2.45, 2.75) is 37.8 Å². The van der Waals surface area contributed by atoms with Crippen molar-refractivity contribution in [2.24, 2.45) is 0 Å². The molecule has 220 valence electrons. The van der Waals surface area contributed by atoms with Crippen molar-refractivity contribution < 1.29 is 4.79 Å². The third-order valence-corrected chi connectivity index (χ3v) is 8.45. The van der Waals surface area contributed by atoms with E-state index in [9.17, 15) is 4.79 Å². The Morgan fingerprint density at radius 2 is 1.67 bits per heavy atom. The van der Waals surface area contributed by atoms with E-state index < -0.39 is 0 Å². The van der Waals surface area contributed by atoms with E-state index in [0.29, 0.717) is 19.1 Å². The van der Waals surface area contributed by atoms with Crippen molar-refractivity contribution in [1.82, 2.24) is 29.3 Å². The number of aromatic nitrogens is 4. The van der Waals surface area contributed by atoms with Gasteiger partial charge in [0.15, 0.2) is 0 Å². The Bertz CT molecular complexity index is 1600. The molecule has 5 aromatic rings. The van der Waals surface area contributed by atoms with Crippen LogP contribution in [0.2, 0.25) is 0 Å². The molecular formula is C35H39N7O. The fraction of sp³-hybridized carbons (Fsp3) is 0.314. The van der Waals surface area contributed by atoms with Crippen molar-refractivity contribution in [3.05, 3.63) is 120 Å². The summed E-state index contributed by atoms with van der Waals surface area (Å²) in [5, 5.41) is 3.77. The van der Waals surface area contributed by atoms with Gasteiger partial charge < -0.3 is 19.7 Å². The predicted octanol–water partition coefficient (Wildman–Crippen LogP) is 5.70. The maximum Gasteiger partial charge on any atom is 0.253 e. The number of carbonyl (C=O) groups excluding carboxylic acids is 1. The van der Waals surface area contributed by atoms with Crippen molar-refractivity contribution >= 4 is 22.9 Å². The summed E-state index contributed by atoms with van der Waals surface area (Å²) in [4.78, 5) is 31.2. The van der Waals surface area contributed by atoms with Gasteiger partial charge in [-0.25, -0.2) is 4.98 Å². The molecule has 1 N–H and O–H groups in total. The number of nitrogens with one attached hydrogen (secondary N) is 1. The number of hydrogen-bond acceptors (Lipinski definition) is 6. The predicted molar refractivity (Wildman–Crippen MR) is 171 cm³/mol. The van der Waals surface area contributed by atoms with E-state index >= 15 is 0 Å². The lowest BCUT2D eigenvalue weighted by atomic mass is 9.94. The zero-order valence-electron chi connectivity index (χ0n) is 24.7. The van der Waals surface area contributed by atoms with Crippen LogP contribution in [0.15, 0.2) is 104 Å². The van der Waals surface area contributed by atoms with Crippen LogP contribution in [0.25, 0.3) is 11.0 Å². The summed E-state index contributed by atoms with van der Waals surface area (Å²) in [6.45, 7) is 4.40. The molecule has 6 rings (SSSR count). The molecule has 1 unspecified atom stereocenters. The molecule has 4 heterocycles. The van der Waals surface area contributed by atoms with Crippen LogP contribution in [-0.4, -0.2) is 74.5 Å². The molecule has 1 aliphatic rings. The molecular weight excluding hydrogens is 534 g/mol. The second-order valence-electron chi connectivity index (χ2n) is 11.4. The maximum absolute atomic E-state index is 13.1. The topological polar surface area (TPSA) is 79.2 Å². The molecule has 1 atom stereocenters. The Labute approximate surface area is 253 Å². The van der Waals surface area contributed by atoms with Crippen molar-refractivity contribution in [3.8, 4) is 0 Å². The lowest BCUT2D eigenvalue weighted by Crippen LogP contribution is -2.40. The monoisotopic (exact) mass is 573 g/mol. The Morgan fingerprint density at radius 3 is 2.44 bits per heavy atom. The summed E-state index contributed by atoms with van der Waals surface area (Å²) < 4.78 is 2.25. The number of amides is 1. The van der Waals surface area contributed by atoms with Gasteiger partial charge in [-0.3, -0.25) is 14.8 Å². The average Bonchev–Trinajstić information content (AvgIpc) is 3.40. The van der Waals surface area contributed by atoms with E-state index in [1.807, 2.05) is 79.1 Å². The number of fused-ring (bicyclic) bond motifs is 1. The molecule has 8 nitrogen and oxygen atoms in total. The summed E-state index contributed by atoms with van der Waals surface area (Å²) in [7, 11) is 1.90. The average molecular weight is 574 g/mol. The number of rotatable bonds is 11. The highest BCUT2D eigenvalue weighted by Crippen LogP contribution is 2.25. The number of piperidine rings is 1. The number of hydrogen-bond donors (Lipinski definition) is 1. The molecule has 0 radical (unpaired) electrons. The van der Waals surface area contributed by atoms with Crippen LogP contribution in [0.1, 0.15) is 46.8 Å². The Morgan fingerprint density at radius 1 is 0.930 bits per heavy atom. The van der Waals surface area contributed by atoms with Gasteiger partial charge in [0, 0.05) is 62.8 Å². The second kappa shape index (κ2) is 13.6. The third-order valence-electron chi connectivity index (χ3n) is 8.45. The van der Waals surface area contributed by atoms with Crippen LogP contribution < -0.4 is 5.32 Å². The van der Waals surface area contributed by atoms with Crippen LogP contribution >= 0.6 is 0 Å². The fourth-order valence-electron chi connectivity index (χ4n) is 6.03. The molecule has 1 amide bonds. The number of pyridine rings is 2. The van der Waals surface area contributed by atoms with Gasteiger partial charge in [-0.1, -0.05) is 36.4 Å². The number of para-hydroxylation sites is 2. The normalized spacial score (nSPS) is 14.9. The molecule has 43 heavy (non-hydrogen) atoms. The highest BCUT2D eigenvalue weighted by atomic mass is 16.2. The van der Waals surface area contributed by atoms with Gasteiger partial charge in [0.2, 0.25) is 5.95 Å². The molecule has 0 bridgehead atoms. The summed E-state index contributed by atoms with van der Waals surface area (Å²) in [5.74, 6) is 1.21. The Hall–Kier alpha value is -4.56. The Kier molecular flexibility index (Phi) is 9.04. The van der Waals surface area contributed by atoms with Gasteiger partial charge in [-0.15, -0.1) is 0 Å². The third kappa shape index (κ3) is 7.09. The van der Waals surface area contributed by atoms with E-state index in [1.165, 1.54) is 5.56 Å². The van der Waals surface area contributed by atoms with Gasteiger partial charge in [0.1, 0.15) is 0 Å². The summed E-state index contributed by atoms with van der Waals surface area (Å²) in [6, 6.07) is 28.4. The standard InChI is InChI=1S/C35H39N7O/c1-40(34(43)28-9-3-2-4-10-28)25-29(27-14-20-36-21-15-27)16-22-41-23-17-30(18-24-41)38-35-39-32-12-5-6-13-33(32)42(35)26-31-11-7-8-19-37-31/h2-15,19-21,29-30H,16-18,22-26H2,1H3,(H,38,39). The van der Waals surface area contributed by atoms with Crippen LogP contribution in [0.5, 0.6) is 0 Å². The molecule has 2 aromatic carbocycles. The largest absolute Gasteiger partial charge is 0.353 e. The van der Waals surface area contributed by atoms with Crippen molar-refractivity contribution in [1.29, 1.82) is 0 Å². The highest BCUT2D eigenvalue weighted by molar-refractivity contribution is 5.94. The number of benzene rings is 2. The first-order chi connectivity index (χ1) is 21.1. The van der Waals surface area contributed by atoms with Gasteiger partial charge in [0.25, 0.3) is 5.91 Å². The first-order valence-corrected chi connectivity index (χ1v) is 15.2. The second-order valence-corrected chi connectivity index (χ2v) is 11.4. The lowest BCUT2D eigenvalue weighted by molar-refractivity contribution is 0.0782. The number of imidazole rings is 1. The van der Waals surface area contributed by atoms with E-state index in [0.717, 1.165) is 67.1 Å². The minimum Gasteiger partial charge on any atom is -0.353 e. The Balaban J connectivity index is 1.07. The number of nitrogens with zero attached hydrogens (tertiary/aromatic N) is 6. The SMILES string of the molecule is CN(CC(CCN1CCC(Nc2nc3ccccc3n2Cc2ccccn2)CC1)c1ccncc1)C(=O)c1ccccc1. The quantitative estimate of drug-likeness (QED) is 0.219. The smallest absolute Gasteiger partial charge is 0.253 e. The minimum absolute atomic E-state index is 0.0561. The molecule has 0 spiro atoms. The van der Waals surface area contributed by atoms with Crippen LogP contribution in [0.4, 0.5) is 5.95 Å². The summed E-state index contributed by atoms with van der Waals surface area (Å²) in [6.07, 6.45) is 8.63. The number of anilines is 1. The van der Waals surface area contributed by atoms with Gasteiger partial charge >= 0.3 is 0 Å². The van der Waals surface area contributed by atoms with E-state index in [2.05, 4.69) is 61.1 Å². The van der Waals surface area contributed by atoms with Crippen LogP contribution in [-0.2, 0) is 6.54 Å². The number of carbonyl (C=O) groups is 1. The molecule has 1 aliphatic heterocycles. The van der Waals surface area contributed by atoms with E-state index in [4.69, 9.17) is 4.98 Å². The van der Waals surface area contributed by atoms with Gasteiger partial charge in [0.05, 0.1) is 23.3 Å². The molecule has 0 saturated carbocycles. The zero-order chi connectivity index (χ0) is 29.4. The van der Waals surface area contributed by atoms with E-state index in [-0.39, 0.29) is 11.8 Å². The first kappa shape index (κ1) is 28.6. The van der Waals surface area contributed by atoms with Crippen molar-refractivity contribution in [2.75, 3.05) is 38.5 Å². The first-order valence-electron chi connectivity index (χ1n) is 15.2. The van der Waals surface area contributed by atoms with Crippen LogP contribution in [0, 0.1) is 0 Å². The fourth-order valence-corrected chi connectivity index (χ4v) is 6.03. The molecule has 3 aromatic heterocycles. The molecule has 0 aliphatic carbocycles.